The standard InChI is InChI=1S/C20H23FN2O3S/c1-3-18(23(27(2,25)26)17-12-10-16(21)11-13-17)20(24)22-14-6-8-15-7-4-5-9-19(15)22/h4-5,7,9-13,18H,3,6,8,14H2,1-2H3. The van der Waals surface area contributed by atoms with Crippen molar-refractivity contribution in [2.24, 2.45) is 0 Å². The molecule has 27 heavy (non-hydrogen) atoms. The quantitative estimate of drug-likeness (QED) is 0.787. The average molecular weight is 390 g/mol. The molecule has 2 aromatic carbocycles. The fourth-order valence-corrected chi connectivity index (χ4v) is 4.78. The molecule has 1 amide bonds. The van der Waals surface area contributed by atoms with Crippen molar-refractivity contribution >= 4 is 27.3 Å². The molecule has 1 aliphatic heterocycles. The topological polar surface area (TPSA) is 57.7 Å². The fraction of sp³-hybridized carbons (Fsp3) is 0.350. The van der Waals surface area contributed by atoms with Gasteiger partial charge in [-0.1, -0.05) is 25.1 Å². The molecule has 0 aliphatic carbocycles. The minimum absolute atomic E-state index is 0.264. The van der Waals surface area contributed by atoms with Crippen LogP contribution in [0.5, 0.6) is 0 Å². The molecule has 1 aliphatic rings. The van der Waals surface area contributed by atoms with Gasteiger partial charge >= 0.3 is 0 Å². The molecule has 0 N–H and O–H groups in total. The van der Waals surface area contributed by atoms with Gasteiger partial charge in [0.1, 0.15) is 11.9 Å². The van der Waals surface area contributed by atoms with E-state index in [2.05, 4.69) is 0 Å². The Morgan fingerprint density at radius 2 is 1.85 bits per heavy atom. The van der Waals surface area contributed by atoms with Gasteiger partial charge in [0.25, 0.3) is 5.91 Å². The number of hydrogen-bond donors (Lipinski definition) is 0. The molecule has 1 atom stereocenters. The third-order valence-electron chi connectivity index (χ3n) is 4.77. The second-order valence-electron chi connectivity index (χ2n) is 6.68. The Bertz CT molecular complexity index is 928. The number of aryl methyl sites for hydroxylation is 1. The summed E-state index contributed by atoms with van der Waals surface area (Å²) in [6.45, 7) is 2.33. The van der Waals surface area contributed by atoms with E-state index in [4.69, 9.17) is 0 Å². The van der Waals surface area contributed by atoms with Crippen LogP contribution in [0, 0.1) is 5.82 Å². The molecule has 7 heteroatoms. The lowest BCUT2D eigenvalue weighted by Gasteiger charge is -2.36. The zero-order valence-corrected chi connectivity index (χ0v) is 16.2. The minimum Gasteiger partial charge on any atom is -0.310 e. The molecule has 0 saturated heterocycles. The van der Waals surface area contributed by atoms with Crippen molar-refractivity contribution in [3.63, 3.8) is 0 Å². The number of rotatable bonds is 5. The van der Waals surface area contributed by atoms with Gasteiger partial charge in [0.15, 0.2) is 0 Å². The number of fused-ring (bicyclic) bond motifs is 1. The number of nitrogens with zero attached hydrogens (tertiary/aromatic N) is 2. The Labute approximate surface area is 159 Å². The first-order valence-corrected chi connectivity index (χ1v) is 10.8. The van der Waals surface area contributed by atoms with Gasteiger partial charge in [-0.3, -0.25) is 9.10 Å². The summed E-state index contributed by atoms with van der Waals surface area (Å²) in [5.74, 6) is -0.726. The normalized spacial score (nSPS) is 15.1. The highest BCUT2D eigenvalue weighted by molar-refractivity contribution is 7.92. The van der Waals surface area contributed by atoms with Gasteiger partial charge in [0, 0.05) is 12.2 Å². The van der Waals surface area contributed by atoms with E-state index in [1.807, 2.05) is 24.3 Å². The van der Waals surface area contributed by atoms with Gasteiger partial charge < -0.3 is 4.90 Å². The molecule has 144 valence electrons. The SMILES string of the molecule is CCC(C(=O)N1CCCc2ccccc21)N(c1ccc(F)cc1)S(C)(=O)=O. The predicted octanol–water partition coefficient (Wildman–Crippen LogP) is 3.35. The van der Waals surface area contributed by atoms with Gasteiger partial charge in [-0.2, -0.15) is 0 Å². The highest BCUT2D eigenvalue weighted by atomic mass is 32.2. The molecular weight excluding hydrogens is 367 g/mol. The first-order valence-electron chi connectivity index (χ1n) is 8.97. The van der Waals surface area contributed by atoms with Crippen LogP contribution in [0.1, 0.15) is 25.3 Å². The number of sulfonamides is 1. The highest BCUT2D eigenvalue weighted by Crippen LogP contribution is 2.30. The molecule has 2 aromatic rings. The lowest BCUT2D eigenvalue weighted by Crippen LogP contribution is -2.52. The number of amides is 1. The van der Waals surface area contributed by atoms with Gasteiger partial charge in [0.2, 0.25) is 10.0 Å². The van der Waals surface area contributed by atoms with Crippen LogP contribution in [-0.4, -0.2) is 33.2 Å². The Balaban J connectivity index is 2.01. The smallest absolute Gasteiger partial charge is 0.250 e. The van der Waals surface area contributed by atoms with Crippen molar-refractivity contribution in [2.45, 2.75) is 32.2 Å². The maximum atomic E-state index is 13.4. The van der Waals surface area contributed by atoms with Crippen molar-refractivity contribution < 1.29 is 17.6 Å². The summed E-state index contributed by atoms with van der Waals surface area (Å²) in [5.41, 5.74) is 2.20. The lowest BCUT2D eigenvalue weighted by molar-refractivity contribution is -0.119. The number of para-hydroxylation sites is 1. The number of carbonyl (C=O) groups excluding carboxylic acids is 1. The van der Waals surface area contributed by atoms with Crippen LogP contribution >= 0.6 is 0 Å². The van der Waals surface area contributed by atoms with Crippen LogP contribution in [0.25, 0.3) is 0 Å². The third kappa shape index (κ3) is 3.98. The molecule has 0 aromatic heterocycles. The van der Waals surface area contributed by atoms with E-state index in [0.29, 0.717) is 13.0 Å². The van der Waals surface area contributed by atoms with Crippen LogP contribution in [0.15, 0.2) is 48.5 Å². The molecule has 0 bridgehead atoms. The monoisotopic (exact) mass is 390 g/mol. The summed E-state index contributed by atoms with van der Waals surface area (Å²) in [6.07, 6.45) is 3.09. The third-order valence-corrected chi connectivity index (χ3v) is 5.95. The largest absolute Gasteiger partial charge is 0.310 e. The molecule has 1 unspecified atom stereocenters. The molecule has 1 heterocycles. The molecule has 3 rings (SSSR count). The Kier molecular flexibility index (Phi) is 5.51. The van der Waals surface area contributed by atoms with Crippen molar-refractivity contribution in [3.8, 4) is 0 Å². The van der Waals surface area contributed by atoms with Crippen LogP contribution in [0.4, 0.5) is 15.8 Å². The molecule has 5 nitrogen and oxygen atoms in total. The van der Waals surface area contributed by atoms with Crippen molar-refractivity contribution in [1.82, 2.24) is 0 Å². The predicted molar refractivity (Wildman–Crippen MR) is 105 cm³/mol. The van der Waals surface area contributed by atoms with Crippen molar-refractivity contribution in [1.29, 1.82) is 0 Å². The Morgan fingerprint density at radius 1 is 1.19 bits per heavy atom. The number of benzene rings is 2. The number of carbonyl (C=O) groups is 1. The van der Waals surface area contributed by atoms with Crippen molar-refractivity contribution in [2.75, 3.05) is 22.0 Å². The van der Waals surface area contributed by atoms with E-state index >= 15 is 0 Å². The molecule has 0 saturated carbocycles. The summed E-state index contributed by atoms with van der Waals surface area (Å²) in [4.78, 5) is 15.0. The average Bonchev–Trinajstić information content (AvgIpc) is 2.65. The summed E-state index contributed by atoms with van der Waals surface area (Å²) in [6, 6.07) is 12.0. The van der Waals surface area contributed by atoms with Gasteiger partial charge in [-0.25, -0.2) is 12.8 Å². The fourth-order valence-electron chi connectivity index (χ4n) is 3.57. The van der Waals surface area contributed by atoms with E-state index in [9.17, 15) is 17.6 Å². The number of anilines is 2. The summed E-state index contributed by atoms with van der Waals surface area (Å²) in [5, 5.41) is 0. The molecule has 0 spiro atoms. The van der Waals surface area contributed by atoms with Gasteiger partial charge in [-0.05, 0) is 55.2 Å². The van der Waals surface area contributed by atoms with Crippen LogP contribution < -0.4 is 9.21 Å². The summed E-state index contributed by atoms with van der Waals surface area (Å²) < 4.78 is 39.4. The van der Waals surface area contributed by atoms with Gasteiger partial charge in [0.05, 0.1) is 11.9 Å². The number of halogens is 1. The first-order chi connectivity index (χ1) is 12.8. The van der Waals surface area contributed by atoms with Crippen LogP contribution in [0.2, 0.25) is 0 Å². The summed E-state index contributed by atoms with van der Waals surface area (Å²) >= 11 is 0. The molecule has 0 radical (unpaired) electrons. The van der Waals surface area contributed by atoms with Crippen LogP contribution in [0.3, 0.4) is 0 Å². The second-order valence-corrected chi connectivity index (χ2v) is 8.54. The van der Waals surface area contributed by atoms with Crippen LogP contribution in [-0.2, 0) is 21.2 Å². The summed E-state index contributed by atoms with van der Waals surface area (Å²) in [7, 11) is -3.74. The van der Waals surface area contributed by atoms with E-state index in [-0.39, 0.29) is 11.6 Å². The van der Waals surface area contributed by atoms with E-state index < -0.39 is 21.9 Å². The van der Waals surface area contributed by atoms with E-state index in [1.54, 1.807) is 11.8 Å². The Hall–Kier alpha value is -2.41. The molecular formula is C20H23FN2O3S. The van der Waals surface area contributed by atoms with Crippen molar-refractivity contribution in [3.05, 3.63) is 59.9 Å². The van der Waals surface area contributed by atoms with Gasteiger partial charge in [-0.15, -0.1) is 0 Å². The first kappa shape index (κ1) is 19.4. The second kappa shape index (κ2) is 7.68. The van der Waals surface area contributed by atoms with E-state index in [1.165, 1.54) is 24.3 Å². The zero-order chi connectivity index (χ0) is 19.6. The zero-order valence-electron chi connectivity index (χ0n) is 15.4. The maximum Gasteiger partial charge on any atom is 0.250 e. The highest BCUT2D eigenvalue weighted by Gasteiger charge is 2.36. The number of hydrogen-bond acceptors (Lipinski definition) is 3. The maximum absolute atomic E-state index is 13.4. The van der Waals surface area contributed by atoms with E-state index in [0.717, 1.165) is 34.7 Å². The Morgan fingerprint density at radius 3 is 2.48 bits per heavy atom. The lowest BCUT2D eigenvalue weighted by atomic mass is 10.0. The molecule has 0 fully saturated rings. The minimum atomic E-state index is -3.74.